The van der Waals surface area contributed by atoms with Gasteiger partial charge in [-0.3, -0.25) is 14.9 Å². The van der Waals surface area contributed by atoms with Crippen molar-refractivity contribution in [3.05, 3.63) is 62.7 Å². The Labute approximate surface area is 164 Å². The van der Waals surface area contributed by atoms with E-state index in [2.05, 4.69) is 5.32 Å². The van der Waals surface area contributed by atoms with Gasteiger partial charge in [0.25, 0.3) is 11.6 Å². The summed E-state index contributed by atoms with van der Waals surface area (Å²) in [6.07, 6.45) is 0. The van der Waals surface area contributed by atoms with Crippen LogP contribution in [0.2, 0.25) is 5.02 Å². The summed E-state index contributed by atoms with van der Waals surface area (Å²) in [5.74, 6) is -0.374. The first kappa shape index (κ1) is 19.4. The second kappa shape index (κ2) is 8.13. The molecule has 0 radical (unpaired) electrons. The van der Waals surface area contributed by atoms with E-state index in [4.69, 9.17) is 25.8 Å². The van der Waals surface area contributed by atoms with Crippen molar-refractivity contribution in [2.24, 2.45) is 0 Å². The van der Waals surface area contributed by atoms with E-state index in [1.165, 1.54) is 6.07 Å². The molecule has 0 unspecified atom stereocenters. The SMILES string of the molecule is C[C@H](NC(=O)COC(=O)c1cc(Cl)ccc1[N+](=O)[O-])c1ccc2c(c1)OCO2. The van der Waals surface area contributed by atoms with Gasteiger partial charge in [0.1, 0.15) is 5.56 Å². The second-order valence-electron chi connectivity index (χ2n) is 5.90. The number of nitro benzene ring substituents is 1. The summed E-state index contributed by atoms with van der Waals surface area (Å²) in [7, 11) is 0. The Morgan fingerprint density at radius 3 is 2.75 bits per heavy atom. The van der Waals surface area contributed by atoms with Gasteiger partial charge in [-0.1, -0.05) is 17.7 Å². The summed E-state index contributed by atoms with van der Waals surface area (Å²) < 4.78 is 15.4. The van der Waals surface area contributed by atoms with Crippen molar-refractivity contribution in [3.63, 3.8) is 0 Å². The fourth-order valence-corrected chi connectivity index (χ4v) is 2.76. The lowest BCUT2D eigenvalue weighted by Gasteiger charge is -2.15. The van der Waals surface area contributed by atoms with E-state index in [1.54, 1.807) is 25.1 Å². The Hall–Kier alpha value is -3.33. The highest BCUT2D eigenvalue weighted by Crippen LogP contribution is 2.34. The predicted octanol–water partition coefficient (Wildman–Crippen LogP) is 3.01. The molecule has 9 nitrogen and oxygen atoms in total. The first-order valence-electron chi connectivity index (χ1n) is 8.15. The molecule has 28 heavy (non-hydrogen) atoms. The number of halogens is 1. The van der Waals surface area contributed by atoms with Crippen molar-refractivity contribution >= 4 is 29.2 Å². The molecular formula is C18H15ClN2O7. The Bertz CT molecular complexity index is 948. The summed E-state index contributed by atoms with van der Waals surface area (Å²) in [4.78, 5) is 34.5. The van der Waals surface area contributed by atoms with E-state index in [-0.39, 0.29) is 23.4 Å². The van der Waals surface area contributed by atoms with E-state index in [1.807, 2.05) is 0 Å². The number of ether oxygens (including phenoxy) is 3. The van der Waals surface area contributed by atoms with Gasteiger partial charge < -0.3 is 19.5 Å². The number of rotatable bonds is 6. The first-order chi connectivity index (χ1) is 13.3. The quantitative estimate of drug-likeness (QED) is 0.445. The van der Waals surface area contributed by atoms with E-state index >= 15 is 0 Å². The molecule has 1 aliphatic heterocycles. The number of benzene rings is 2. The van der Waals surface area contributed by atoms with E-state index < -0.39 is 29.1 Å². The van der Waals surface area contributed by atoms with Crippen LogP contribution in [0, 0.1) is 10.1 Å². The van der Waals surface area contributed by atoms with Crippen molar-refractivity contribution in [2.75, 3.05) is 13.4 Å². The number of carbonyl (C=O) groups is 2. The van der Waals surface area contributed by atoms with E-state index in [0.717, 1.165) is 17.7 Å². The fourth-order valence-electron chi connectivity index (χ4n) is 2.59. The van der Waals surface area contributed by atoms with Crippen molar-refractivity contribution in [3.8, 4) is 11.5 Å². The maximum atomic E-state index is 12.1. The second-order valence-corrected chi connectivity index (χ2v) is 6.33. The lowest BCUT2D eigenvalue weighted by atomic mass is 10.1. The van der Waals surface area contributed by atoms with Crippen molar-refractivity contribution in [1.29, 1.82) is 0 Å². The number of hydrogen-bond donors (Lipinski definition) is 1. The summed E-state index contributed by atoms with van der Waals surface area (Å²) >= 11 is 5.78. The van der Waals surface area contributed by atoms with Gasteiger partial charge in [-0.25, -0.2) is 4.79 Å². The fraction of sp³-hybridized carbons (Fsp3) is 0.222. The largest absolute Gasteiger partial charge is 0.454 e. The number of carbonyl (C=O) groups excluding carboxylic acids is 2. The minimum absolute atomic E-state index is 0.137. The first-order valence-corrected chi connectivity index (χ1v) is 8.53. The molecule has 0 aromatic heterocycles. The monoisotopic (exact) mass is 406 g/mol. The van der Waals surface area contributed by atoms with Gasteiger partial charge in [0.15, 0.2) is 18.1 Å². The van der Waals surface area contributed by atoms with Crippen LogP contribution >= 0.6 is 11.6 Å². The average Bonchev–Trinajstić information content (AvgIpc) is 3.13. The maximum absolute atomic E-state index is 12.1. The average molecular weight is 407 g/mol. The van der Waals surface area contributed by atoms with E-state index in [0.29, 0.717) is 11.5 Å². The van der Waals surface area contributed by atoms with Crippen LogP contribution in [-0.4, -0.2) is 30.2 Å². The Morgan fingerprint density at radius 1 is 1.25 bits per heavy atom. The molecule has 3 rings (SSSR count). The zero-order valence-corrected chi connectivity index (χ0v) is 15.4. The minimum atomic E-state index is -1.01. The minimum Gasteiger partial charge on any atom is -0.454 e. The highest BCUT2D eigenvalue weighted by atomic mass is 35.5. The third-order valence-electron chi connectivity index (χ3n) is 3.98. The molecule has 1 amide bonds. The van der Waals surface area contributed by atoms with Gasteiger partial charge in [-0.15, -0.1) is 0 Å². The molecule has 0 saturated heterocycles. The van der Waals surface area contributed by atoms with Gasteiger partial charge in [0, 0.05) is 11.1 Å². The lowest BCUT2D eigenvalue weighted by Crippen LogP contribution is -2.31. The van der Waals surface area contributed by atoms with Crippen LogP contribution in [0.1, 0.15) is 28.9 Å². The van der Waals surface area contributed by atoms with Crippen LogP contribution in [0.3, 0.4) is 0 Å². The van der Waals surface area contributed by atoms with E-state index in [9.17, 15) is 19.7 Å². The highest BCUT2D eigenvalue weighted by molar-refractivity contribution is 6.31. The lowest BCUT2D eigenvalue weighted by molar-refractivity contribution is -0.385. The van der Waals surface area contributed by atoms with Crippen molar-refractivity contribution < 1.29 is 28.7 Å². The summed E-state index contributed by atoms with van der Waals surface area (Å²) in [5.41, 5.74) is -0.00735. The molecule has 2 aromatic rings. The Kier molecular flexibility index (Phi) is 5.65. The Morgan fingerprint density at radius 2 is 2.00 bits per heavy atom. The zero-order chi connectivity index (χ0) is 20.3. The maximum Gasteiger partial charge on any atom is 0.345 e. The number of esters is 1. The molecule has 0 saturated carbocycles. The molecular weight excluding hydrogens is 392 g/mol. The van der Waals surface area contributed by atoms with Gasteiger partial charge in [0.2, 0.25) is 6.79 Å². The van der Waals surface area contributed by atoms with Crippen molar-refractivity contribution in [2.45, 2.75) is 13.0 Å². The molecule has 10 heteroatoms. The van der Waals surface area contributed by atoms with Crippen LogP contribution < -0.4 is 14.8 Å². The molecule has 1 aliphatic rings. The topological polar surface area (TPSA) is 117 Å². The summed E-state index contributed by atoms with van der Waals surface area (Å²) in [6, 6.07) is 8.38. The molecule has 0 aliphatic carbocycles. The van der Waals surface area contributed by atoms with Gasteiger partial charge >= 0.3 is 5.97 Å². The molecule has 146 valence electrons. The summed E-state index contributed by atoms with van der Waals surface area (Å²) in [5, 5.41) is 13.8. The van der Waals surface area contributed by atoms with Gasteiger partial charge in [-0.05, 0) is 36.8 Å². The standard InChI is InChI=1S/C18H15ClN2O7/c1-10(11-2-5-15-16(6-11)28-9-27-15)20-17(22)8-26-18(23)13-7-12(19)3-4-14(13)21(24)25/h2-7,10H,8-9H2,1H3,(H,20,22)/t10-/m0/s1. The number of nitrogens with zero attached hydrogens (tertiary/aromatic N) is 1. The number of fused-ring (bicyclic) bond motifs is 1. The van der Waals surface area contributed by atoms with Gasteiger partial charge in [0.05, 0.1) is 11.0 Å². The normalized spacial score (nSPS) is 12.9. The number of nitrogens with one attached hydrogen (secondary N) is 1. The molecule has 1 heterocycles. The zero-order valence-electron chi connectivity index (χ0n) is 14.6. The molecule has 1 atom stereocenters. The molecule has 2 aromatic carbocycles. The number of hydrogen-bond acceptors (Lipinski definition) is 7. The molecule has 0 bridgehead atoms. The smallest absolute Gasteiger partial charge is 0.345 e. The number of amides is 1. The molecule has 0 fully saturated rings. The highest BCUT2D eigenvalue weighted by Gasteiger charge is 2.23. The van der Waals surface area contributed by atoms with Crippen LogP contribution in [0.25, 0.3) is 0 Å². The predicted molar refractivity (Wildman–Crippen MR) is 97.5 cm³/mol. The van der Waals surface area contributed by atoms with Crippen LogP contribution in [0.15, 0.2) is 36.4 Å². The number of nitro groups is 1. The van der Waals surface area contributed by atoms with Crippen LogP contribution in [-0.2, 0) is 9.53 Å². The third-order valence-corrected chi connectivity index (χ3v) is 4.22. The molecule has 1 N–H and O–H groups in total. The van der Waals surface area contributed by atoms with Crippen LogP contribution in [0.5, 0.6) is 11.5 Å². The Balaban J connectivity index is 1.59. The van der Waals surface area contributed by atoms with Gasteiger partial charge in [-0.2, -0.15) is 0 Å². The van der Waals surface area contributed by atoms with Crippen molar-refractivity contribution in [1.82, 2.24) is 5.32 Å². The molecule has 0 spiro atoms. The summed E-state index contributed by atoms with van der Waals surface area (Å²) in [6.45, 7) is 1.29. The third kappa shape index (κ3) is 4.32. The van der Waals surface area contributed by atoms with Crippen LogP contribution in [0.4, 0.5) is 5.69 Å².